The number of hydrazone groups is 1. The maximum Gasteiger partial charge on any atom is 0.289 e. The average molecular weight is 299 g/mol. The van der Waals surface area contributed by atoms with E-state index in [1.54, 1.807) is 18.2 Å². The second-order valence-corrected chi connectivity index (χ2v) is 5.17. The Morgan fingerprint density at radius 2 is 2.23 bits per heavy atom. The average Bonchev–Trinajstić information content (AvgIpc) is 2.87. The highest BCUT2D eigenvalue weighted by atomic mass is 19.1. The smallest absolute Gasteiger partial charge is 0.289 e. The maximum atomic E-state index is 13.9. The van der Waals surface area contributed by atoms with Gasteiger partial charge in [0.05, 0.1) is 5.71 Å². The predicted octanol–water partition coefficient (Wildman–Crippen LogP) is 2.57. The minimum Gasteiger partial charge on any atom is -0.507 e. The number of phenolic OH excluding ortho intramolecular Hbond substituents is 1. The predicted molar refractivity (Wildman–Crippen MR) is 79.3 cm³/mol. The van der Waals surface area contributed by atoms with Crippen LogP contribution in [0, 0.1) is 5.82 Å². The highest BCUT2D eigenvalue weighted by molar-refractivity contribution is 6.08. The summed E-state index contributed by atoms with van der Waals surface area (Å²) in [6.45, 7) is 1.85. The van der Waals surface area contributed by atoms with Crippen LogP contribution in [-0.4, -0.2) is 21.7 Å². The molecular weight excluding hydrogens is 285 g/mol. The van der Waals surface area contributed by atoms with E-state index in [4.69, 9.17) is 0 Å². The lowest BCUT2D eigenvalue weighted by atomic mass is 10.0. The number of nitrogens with zero attached hydrogens (tertiary/aromatic N) is 2. The van der Waals surface area contributed by atoms with Gasteiger partial charge in [-0.3, -0.25) is 9.78 Å². The number of hydrogen-bond acceptors (Lipinski definition) is 4. The van der Waals surface area contributed by atoms with E-state index in [0.717, 1.165) is 0 Å². The molecule has 0 radical (unpaired) electrons. The number of carbonyl (C=O) groups is 1. The molecule has 22 heavy (non-hydrogen) atoms. The molecule has 0 bridgehead atoms. The van der Waals surface area contributed by atoms with Crippen LogP contribution < -0.4 is 5.43 Å². The summed E-state index contributed by atoms with van der Waals surface area (Å²) in [6, 6.07) is 7.50. The van der Waals surface area contributed by atoms with Crippen LogP contribution in [0.2, 0.25) is 0 Å². The third-order valence-corrected chi connectivity index (χ3v) is 3.64. The van der Waals surface area contributed by atoms with Gasteiger partial charge in [-0.25, -0.2) is 9.82 Å². The summed E-state index contributed by atoms with van der Waals surface area (Å²) in [4.78, 5) is 15.9. The quantitative estimate of drug-likeness (QED) is 0.837. The van der Waals surface area contributed by atoms with Crippen molar-refractivity contribution in [2.75, 3.05) is 0 Å². The monoisotopic (exact) mass is 299 g/mol. The summed E-state index contributed by atoms with van der Waals surface area (Å²) in [5, 5.41) is 14.0. The molecule has 1 heterocycles. The Bertz CT molecular complexity index is 759. The molecule has 0 saturated heterocycles. The molecule has 0 spiro atoms. The zero-order chi connectivity index (χ0) is 15.7. The molecule has 1 amide bonds. The van der Waals surface area contributed by atoms with Crippen molar-refractivity contribution in [1.82, 2.24) is 10.4 Å². The van der Waals surface area contributed by atoms with E-state index >= 15 is 0 Å². The number of nitrogens with one attached hydrogen (secondary N) is 1. The van der Waals surface area contributed by atoms with E-state index in [1.165, 1.54) is 18.3 Å². The lowest BCUT2D eigenvalue weighted by Gasteiger charge is -2.06. The van der Waals surface area contributed by atoms with Gasteiger partial charge in [-0.05, 0) is 36.6 Å². The molecule has 5 nitrogen and oxygen atoms in total. The third-order valence-electron chi connectivity index (χ3n) is 3.64. The third kappa shape index (κ3) is 2.43. The Morgan fingerprint density at radius 1 is 1.41 bits per heavy atom. The molecule has 1 aliphatic rings. The first kappa shape index (κ1) is 14.2. The zero-order valence-corrected chi connectivity index (χ0v) is 11.9. The highest BCUT2D eigenvalue weighted by Crippen LogP contribution is 2.39. The Morgan fingerprint density at radius 3 is 2.95 bits per heavy atom. The number of hydrogen-bond donors (Lipinski definition) is 2. The Kier molecular flexibility index (Phi) is 3.58. The number of aromatic nitrogens is 1. The van der Waals surface area contributed by atoms with Crippen molar-refractivity contribution in [2.45, 2.75) is 19.3 Å². The van der Waals surface area contributed by atoms with Crippen LogP contribution in [0.5, 0.6) is 5.75 Å². The molecule has 112 valence electrons. The van der Waals surface area contributed by atoms with Gasteiger partial charge in [-0.2, -0.15) is 5.10 Å². The summed E-state index contributed by atoms with van der Waals surface area (Å²) >= 11 is 0. The van der Waals surface area contributed by atoms with Gasteiger partial charge >= 0.3 is 0 Å². The molecular formula is C16H14FN3O2. The minimum absolute atomic E-state index is 0.0356. The van der Waals surface area contributed by atoms with Crippen LogP contribution in [-0.2, 0) is 0 Å². The number of aromatic hydroxyl groups is 1. The van der Waals surface area contributed by atoms with E-state index in [9.17, 15) is 14.3 Å². The maximum absolute atomic E-state index is 13.9. The van der Waals surface area contributed by atoms with Crippen LogP contribution in [0.15, 0.2) is 41.6 Å². The van der Waals surface area contributed by atoms with E-state index < -0.39 is 5.91 Å². The van der Waals surface area contributed by atoms with Gasteiger partial charge in [0.15, 0.2) is 0 Å². The molecule has 3 rings (SSSR count). The number of carbonyl (C=O) groups excluding carboxylic acids is 1. The number of halogens is 1. The normalized spacial score (nSPS) is 18.3. The molecule has 0 unspecified atom stereocenters. The molecule has 2 N–H and O–H groups in total. The summed E-state index contributed by atoms with van der Waals surface area (Å²) in [7, 11) is 0. The standard InChI is InChI=1S/C16H14FN3O2/c1-9-8-12(15-13(21)6-5-10(17)14(9)15)19-20-16(22)11-4-2-3-7-18-11/h2-7,9,21H,8H2,1H3,(H,20,22)/b19-12+/t9-/m0/s1. The second-order valence-electron chi connectivity index (χ2n) is 5.17. The van der Waals surface area contributed by atoms with Crippen LogP contribution in [0.25, 0.3) is 0 Å². The lowest BCUT2D eigenvalue weighted by Crippen LogP contribution is -2.20. The van der Waals surface area contributed by atoms with Gasteiger partial charge in [0.2, 0.25) is 0 Å². The molecule has 1 aromatic heterocycles. The number of amides is 1. The van der Waals surface area contributed by atoms with Gasteiger partial charge in [0, 0.05) is 17.3 Å². The molecule has 1 aromatic carbocycles. The Hall–Kier alpha value is -2.76. The summed E-state index contributed by atoms with van der Waals surface area (Å²) in [6.07, 6.45) is 1.96. The van der Waals surface area contributed by atoms with Crippen LogP contribution in [0.1, 0.15) is 40.9 Å². The zero-order valence-electron chi connectivity index (χ0n) is 11.9. The fraction of sp³-hybridized carbons (Fsp3) is 0.188. The molecule has 1 aliphatic carbocycles. The van der Waals surface area contributed by atoms with Gasteiger partial charge in [0.1, 0.15) is 17.3 Å². The topological polar surface area (TPSA) is 74.6 Å². The Balaban J connectivity index is 1.89. The van der Waals surface area contributed by atoms with Crippen LogP contribution >= 0.6 is 0 Å². The van der Waals surface area contributed by atoms with E-state index in [0.29, 0.717) is 23.3 Å². The number of phenols is 1. The van der Waals surface area contributed by atoms with Gasteiger partial charge in [-0.1, -0.05) is 13.0 Å². The number of pyridine rings is 1. The fourth-order valence-electron chi connectivity index (χ4n) is 2.64. The van der Waals surface area contributed by atoms with Crippen molar-refractivity contribution in [3.8, 4) is 5.75 Å². The van der Waals surface area contributed by atoms with Crippen molar-refractivity contribution in [3.63, 3.8) is 0 Å². The first-order valence-corrected chi connectivity index (χ1v) is 6.87. The van der Waals surface area contributed by atoms with Crippen molar-refractivity contribution in [2.24, 2.45) is 5.10 Å². The molecule has 6 heteroatoms. The highest BCUT2D eigenvalue weighted by Gasteiger charge is 2.30. The van der Waals surface area contributed by atoms with Gasteiger partial charge < -0.3 is 5.11 Å². The first-order valence-electron chi connectivity index (χ1n) is 6.87. The molecule has 1 atom stereocenters. The molecule has 2 aromatic rings. The van der Waals surface area contributed by atoms with E-state index in [1.807, 2.05) is 6.92 Å². The van der Waals surface area contributed by atoms with Crippen molar-refractivity contribution < 1.29 is 14.3 Å². The molecule has 0 saturated carbocycles. The van der Waals surface area contributed by atoms with Crippen molar-refractivity contribution in [3.05, 3.63) is 59.2 Å². The van der Waals surface area contributed by atoms with Crippen molar-refractivity contribution in [1.29, 1.82) is 0 Å². The molecule has 0 fully saturated rings. The minimum atomic E-state index is -0.454. The molecule has 0 aliphatic heterocycles. The first-order chi connectivity index (χ1) is 10.6. The van der Waals surface area contributed by atoms with Gasteiger partial charge in [0.25, 0.3) is 5.91 Å². The van der Waals surface area contributed by atoms with Crippen LogP contribution in [0.4, 0.5) is 4.39 Å². The summed E-state index contributed by atoms with van der Waals surface area (Å²) in [5.74, 6) is -0.967. The summed E-state index contributed by atoms with van der Waals surface area (Å²) in [5.41, 5.74) is 3.91. The Labute approximate surface area is 126 Å². The number of rotatable bonds is 2. The number of fused-ring (bicyclic) bond motifs is 1. The van der Waals surface area contributed by atoms with Crippen LogP contribution in [0.3, 0.4) is 0 Å². The number of benzene rings is 1. The SMILES string of the molecule is C[C@H]1C/C(=N\NC(=O)c2ccccn2)c2c(O)ccc(F)c21. The fourth-order valence-corrected chi connectivity index (χ4v) is 2.64. The van der Waals surface area contributed by atoms with E-state index in [-0.39, 0.29) is 23.2 Å². The summed E-state index contributed by atoms with van der Waals surface area (Å²) < 4.78 is 13.9. The lowest BCUT2D eigenvalue weighted by molar-refractivity contribution is 0.0950. The van der Waals surface area contributed by atoms with Gasteiger partial charge in [-0.15, -0.1) is 0 Å². The van der Waals surface area contributed by atoms with Crippen molar-refractivity contribution >= 4 is 11.6 Å². The second kappa shape index (κ2) is 5.55. The van der Waals surface area contributed by atoms with E-state index in [2.05, 4.69) is 15.5 Å². The largest absolute Gasteiger partial charge is 0.507 e.